The number of aliphatic carboxylic acids is 1. The number of amides is 1. The fourth-order valence-corrected chi connectivity index (χ4v) is 3.38. The molecular formula is C20H28N2O5. The van der Waals surface area contributed by atoms with E-state index in [1.54, 1.807) is 13.8 Å². The fourth-order valence-electron chi connectivity index (χ4n) is 3.38. The van der Waals surface area contributed by atoms with Gasteiger partial charge in [0.05, 0.1) is 12.6 Å². The van der Waals surface area contributed by atoms with Gasteiger partial charge in [-0.2, -0.15) is 0 Å². The maximum atomic E-state index is 12.7. The van der Waals surface area contributed by atoms with Gasteiger partial charge in [0, 0.05) is 6.54 Å². The number of hydrogen-bond donors (Lipinski definition) is 2. The number of carboxylic acid groups (broad SMARTS) is 1. The predicted octanol–water partition coefficient (Wildman–Crippen LogP) is 1.60. The molecule has 7 heteroatoms. The molecule has 27 heavy (non-hydrogen) atoms. The van der Waals surface area contributed by atoms with Crippen molar-refractivity contribution in [1.29, 1.82) is 0 Å². The van der Waals surface area contributed by atoms with Crippen LogP contribution in [-0.4, -0.2) is 59.1 Å². The molecule has 1 heterocycles. The van der Waals surface area contributed by atoms with Crippen molar-refractivity contribution in [2.75, 3.05) is 13.2 Å². The van der Waals surface area contributed by atoms with Crippen LogP contribution in [0.2, 0.25) is 0 Å². The maximum Gasteiger partial charge on any atom is 0.326 e. The number of benzene rings is 1. The highest BCUT2D eigenvalue weighted by molar-refractivity contribution is 5.88. The van der Waals surface area contributed by atoms with Crippen LogP contribution >= 0.6 is 0 Å². The predicted molar refractivity (Wildman–Crippen MR) is 100 cm³/mol. The summed E-state index contributed by atoms with van der Waals surface area (Å²) in [4.78, 5) is 37.7. The van der Waals surface area contributed by atoms with Crippen molar-refractivity contribution in [1.82, 2.24) is 10.2 Å². The molecule has 1 fully saturated rings. The molecule has 2 N–H and O–H groups in total. The number of aryl methyl sites for hydroxylation is 1. The molecule has 1 unspecified atom stereocenters. The van der Waals surface area contributed by atoms with Crippen LogP contribution in [0.5, 0.6) is 0 Å². The van der Waals surface area contributed by atoms with E-state index < -0.39 is 30.1 Å². The van der Waals surface area contributed by atoms with E-state index in [-0.39, 0.29) is 12.5 Å². The van der Waals surface area contributed by atoms with E-state index in [0.29, 0.717) is 32.2 Å². The Morgan fingerprint density at radius 1 is 1.30 bits per heavy atom. The van der Waals surface area contributed by atoms with E-state index >= 15 is 0 Å². The van der Waals surface area contributed by atoms with Crippen molar-refractivity contribution in [3.05, 3.63) is 35.9 Å². The van der Waals surface area contributed by atoms with Crippen LogP contribution in [0.4, 0.5) is 0 Å². The molecule has 1 aliphatic heterocycles. The summed E-state index contributed by atoms with van der Waals surface area (Å²) in [6, 6.07) is 7.69. The normalized spacial score (nSPS) is 18.7. The number of carbonyl (C=O) groups excluding carboxylic acids is 2. The van der Waals surface area contributed by atoms with Gasteiger partial charge in [-0.15, -0.1) is 0 Å². The first-order chi connectivity index (χ1) is 12.9. The lowest BCUT2D eigenvalue weighted by atomic mass is 10.0. The summed E-state index contributed by atoms with van der Waals surface area (Å²) < 4.78 is 5.14. The van der Waals surface area contributed by atoms with Crippen molar-refractivity contribution in [2.45, 2.75) is 57.7 Å². The average molecular weight is 376 g/mol. The lowest BCUT2D eigenvalue weighted by Gasteiger charge is -2.27. The summed E-state index contributed by atoms with van der Waals surface area (Å²) in [6.45, 7) is 4.09. The number of carbonyl (C=O) groups is 3. The molecule has 1 saturated heterocycles. The topological polar surface area (TPSA) is 95.9 Å². The number of carboxylic acids is 1. The number of ether oxygens (including phenoxy) is 1. The Labute approximate surface area is 159 Å². The summed E-state index contributed by atoms with van der Waals surface area (Å²) in [7, 11) is 0. The van der Waals surface area contributed by atoms with Crippen molar-refractivity contribution in [2.24, 2.45) is 0 Å². The lowest BCUT2D eigenvalue weighted by Crippen LogP contribution is -2.53. The Kier molecular flexibility index (Phi) is 7.79. The van der Waals surface area contributed by atoms with Crippen LogP contribution in [0.3, 0.4) is 0 Å². The summed E-state index contributed by atoms with van der Waals surface area (Å²) in [5.74, 6) is -1.68. The highest BCUT2D eigenvalue weighted by Crippen LogP contribution is 2.19. The van der Waals surface area contributed by atoms with E-state index in [9.17, 15) is 19.5 Å². The van der Waals surface area contributed by atoms with Crippen LogP contribution in [0.15, 0.2) is 30.3 Å². The number of nitrogens with one attached hydrogen (secondary N) is 1. The minimum Gasteiger partial charge on any atom is -0.480 e. The second-order valence-corrected chi connectivity index (χ2v) is 6.75. The number of hydrogen-bond acceptors (Lipinski definition) is 5. The molecule has 0 bridgehead atoms. The van der Waals surface area contributed by atoms with E-state index in [1.165, 1.54) is 4.90 Å². The van der Waals surface area contributed by atoms with E-state index in [4.69, 9.17) is 4.74 Å². The molecule has 0 spiro atoms. The van der Waals surface area contributed by atoms with E-state index in [0.717, 1.165) is 5.56 Å². The third-order valence-electron chi connectivity index (χ3n) is 4.78. The van der Waals surface area contributed by atoms with Gasteiger partial charge in [0.25, 0.3) is 0 Å². The van der Waals surface area contributed by atoms with Crippen molar-refractivity contribution in [3.8, 4) is 0 Å². The number of esters is 1. The van der Waals surface area contributed by atoms with Gasteiger partial charge in [-0.3, -0.25) is 14.9 Å². The third-order valence-corrected chi connectivity index (χ3v) is 4.78. The van der Waals surface area contributed by atoms with E-state index in [2.05, 4.69) is 5.32 Å². The Balaban J connectivity index is 2.01. The third kappa shape index (κ3) is 5.79. The molecule has 3 atom stereocenters. The molecule has 1 amide bonds. The summed E-state index contributed by atoms with van der Waals surface area (Å²) in [5.41, 5.74) is 1.10. The summed E-state index contributed by atoms with van der Waals surface area (Å²) >= 11 is 0. The van der Waals surface area contributed by atoms with Gasteiger partial charge in [0.2, 0.25) is 5.91 Å². The number of rotatable bonds is 9. The van der Waals surface area contributed by atoms with Crippen molar-refractivity contribution >= 4 is 17.8 Å². The standard InChI is InChI=1S/C20H28N2O5/c1-3-27-20(26)16(12-11-15-8-5-4-6-9-15)21-14(2)18(23)22-13-7-10-17(22)19(24)25/h4-6,8-9,14,16-17,21H,3,7,10-13H2,1-2H3,(H,24,25)/t14-,16+,17?/m1/s1. The first kappa shape index (κ1) is 20.9. The summed E-state index contributed by atoms with van der Waals surface area (Å²) in [6.07, 6.45) is 2.29. The molecule has 2 rings (SSSR count). The SMILES string of the molecule is CCOC(=O)[C@H](CCc1ccccc1)N[C@H](C)C(=O)N1CCCC1C(=O)O. The first-order valence-electron chi connectivity index (χ1n) is 9.44. The lowest BCUT2D eigenvalue weighted by molar-refractivity contribution is -0.150. The first-order valence-corrected chi connectivity index (χ1v) is 9.44. The zero-order valence-electron chi connectivity index (χ0n) is 15.9. The van der Waals surface area contributed by atoms with Gasteiger partial charge in [-0.05, 0) is 45.1 Å². The monoisotopic (exact) mass is 376 g/mol. The zero-order valence-corrected chi connectivity index (χ0v) is 15.9. The molecule has 0 radical (unpaired) electrons. The Bertz CT molecular complexity index is 649. The molecule has 7 nitrogen and oxygen atoms in total. The highest BCUT2D eigenvalue weighted by atomic mass is 16.5. The van der Waals surface area contributed by atoms with Crippen molar-refractivity contribution in [3.63, 3.8) is 0 Å². The Morgan fingerprint density at radius 3 is 2.63 bits per heavy atom. The molecule has 148 valence electrons. The highest BCUT2D eigenvalue weighted by Gasteiger charge is 2.36. The van der Waals surface area contributed by atoms with Crippen LogP contribution in [0, 0.1) is 0 Å². The van der Waals surface area contributed by atoms with Crippen LogP contribution in [0.1, 0.15) is 38.7 Å². The smallest absolute Gasteiger partial charge is 0.326 e. The largest absolute Gasteiger partial charge is 0.480 e. The molecule has 1 aromatic rings. The zero-order chi connectivity index (χ0) is 19.8. The Hall–Kier alpha value is -2.41. The maximum absolute atomic E-state index is 12.7. The quantitative estimate of drug-likeness (QED) is 0.636. The Morgan fingerprint density at radius 2 is 2.00 bits per heavy atom. The van der Waals surface area contributed by atoms with Crippen molar-refractivity contribution < 1.29 is 24.2 Å². The summed E-state index contributed by atoms with van der Waals surface area (Å²) in [5, 5.41) is 12.3. The van der Waals surface area contributed by atoms with Gasteiger partial charge in [-0.1, -0.05) is 30.3 Å². The van der Waals surface area contributed by atoms with Gasteiger partial charge in [-0.25, -0.2) is 4.79 Å². The van der Waals surface area contributed by atoms with E-state index in [1.807, 2.05) is 30.3 Å². The second-order valence-electron chi connectivity index (χ2n) is 6.75. The molecule has 0 saturated carbocycles. The van der Waals surface area contributed by atoms with Gasteiger partial charge in [0.1, 0.15) is 12.1 Å². The average Bonchev–Trinajstić information content (AvgIpc) is 3.15. The second kappa shape index (κ2) is 10.1. The molecule has 0 aliphatic carbocycles. The minimum absolute atomic E-state index is 0.262. The number of nitrogens with zero attached hydrogens (tertiary/aromatic N) is 1. The molecule has 0 aromatic heterocycles. The molecule has 1 aliphatic rings. The van der Waals surface area contributed by atoms with Crippen LogP contribution < -0.4 is 5.32 Å². The molecular weight excluding hydrogens is 348 g/mol. The minimum atomic E-state index is -0.987. The fraction of sp³-hybridized carbons (Fsp3) is 0.550. The van der Waals surface area contributed by atoms with Crippen LogP contribution in [-0.2, 0) is 25.5 Å². The van der Waals surface area contributed by atoms with Crippen LogP contribution in [0.25, 0.3) is 0 Å². The van der Waals surface area contributed by atoms with Gasteiger partial charge < -0.3 is 14.7 Å². The van der Waals surface area contributed by atoms with Gasteiger partial charge in [0.15, 0.2) is 0 Å². The number of likely N-dealkylation sites (tertiary alicyclic amines) is 1. The van der Waals surface area contributed by atoms with Gasteiger partial charge >= 0.3 is 11.9 Å². The molecule has 1 aromatic carbocycles.